The van der Waals surface area contributed by atoms with Crippen molar-refractivity contribution in [1.29, 1.82) is 0 Å². The maximum absolute atomic E-state index is 12.0. The fourth-order valence-corrected chi connectivity index (χ4v) is 3.84. The summed E-state index contributed by atoms with van der Waals surface area (Å²) in [5.41, 5.74) is 0.871. The summed E-state index contributed by atoms with van der Waals surface area (Å²) in [5.74, 6) is 0.107. The monoisotopic (exact) mass is 271 g/mol. The quantitative estimate of drug-likeness (QED) is 0.743. The maximum atomic E-state index is 12.0. The van der Waals surface area contributed by atoms with E-state index in [4.69, 9.17) is 0 Å². The van der Waals surface area contributed by atoms with Crippen LogP contribution in [0.5, 0.6) is 0 Å². The van der Waals surface area contributed by atoms with Gasteiger partial charge in [0.2, 0.25) is 0 Å². The third kappa shape index (κ3) is 2.93. The minimum Gasteiger partial charge on any atom is -0.437 e. The van der Waals surface area contributed by atoms with Gasteiger partial charge in [0, 0.05) is 25.8 Å². The predicted octanol–water partition coefficient (Wildman–Crippen LogP) is -0.599. The molecule has 8 heteroatoms. The standard InChI is InChI=1S/C10H18BN3O3S/c1-9-5-13(8-12-9)6-10-7-14(11(2)15)3-4-18(10,16)17/h5,8,10,15H,3-4,6-7H2,1-2H3. The largest absolute Gasteiger partial charge is 0.437 e. The second-order valence-electron chi connectivity index (χ2n) is 4.83. The van der Waals surface area contributed by atoms with E-state index >= 15 is 0 Å². The molecule has 0 aliphatic carbocycles. The van der Waals surface area contributed by atoms with Crippen LogP contribution >= 0.6 is 0 Å². The first kappa shape index (κ1) is 13.6. The number of rotatable bonds is 3. The molecule has 1 N–H and O–H groups in total. The van der Waals surface area contributed by atoms with E-state index in [-0.39, 0.29) is 5.75 Å². The van der Waals surface area contributed by atoms with Crippen molar-refractivity contribution in [3.63, 3.8) is 0 Å². The summed E-state index contributed by atoms with van der Waals surface area (Å²) in [6.07, 6.45) is 3.48. The van der Waals surface area contributed by atoms with E-state index < -0.39 is 22.1 Å². The lowest BCUT2D eigenvalue weighted by Gasteiger charge is -2.33. The first-order valence-corrected chi connectivity index (χ1v) is 7.72. The molecule has 1 fully saturated rings. The zero-order valence-electron chi connectivity index (χ0n) is 10.7. The Morgan fingerprint density at radius 3 is 2.89 bits per heavy atom. The average Bonchev–Trinajstić information content (AvgIpc) is 2.67. The zero-order chi connectivity index (χ0) is 13.3. The van der Waals surface area contributed by atoms with Gasteiger partial charge in [0.05, 0.1) is 23.0 Å². The molecule has 0 radical (unpaired) electrons. The van der Waals surface area contributed by atoms with Crippen LogP contribution in [-0.4, -0.2) is 58.9 Å². The molecule has 0 aromatic carbocycles. The highest BCUT2D eigenvalue weighted by atomic mass is 32.2. The lowest BCUT2D eigenvalue weighted by molar-refractivity contribution is 0.350. The molecule has 2 rings (SSSR count). The number of sulfone groups is 1. The Morgan fingerprint density at radius 2 is 2.33 bits per heavy atom. The Kier molecular flexibility index (Phi) is 3.79. The second-order valence-corrected chi connectivity index (χ2v) is 7.23. The van der Waals surface area contributed by atoms with Crippen molar-refractivity contribution in [3.8, 4) is 0 Å². The highest BCUT2D eigenvalue weighted by Gasteiger charge is 2.35. The Labute approximate surface area is 108 Å². The van der Waals surface area contributed by atoms with Gasteiger partial charge in [-0.1, -0.05) is 0 Å². The third-order valence-corrected chi connectivity index (χ3v) is 5.38. The molecular weight excluding hydrogens is 253 g/mol. The van der Waals surface area contributed by atoms with E-state index in [9.17, 15) is 13.4 Å². The molecule has 1 saturated heterocycles. The summed E-state index contributed by atoms with van der Waals surface area (Å²) < 4.78 is 25.8. The second kappa shape index (κ2) is 5.03. The Balaban J connectivity index is 2.12. The van der Waals surface area contributed by atoms with E-state index in [1.54, 1.807) is 22.5 Å². The van der Waals surface area contributed by atoms with Gasteiger partial charge in [0.15, 0.2) is 9.84 Å². The molecule has 0 amide bonds. The lowest BCUT2D eigenvalue weighted by atomic mass is 9.85. The molecule has 1 aromatic rings. The van der Waals surface area contributed by atoms with Gasteiger partial charge < -0.3 is 14.4 Å². The molecule has 2 heterocycles. The minimum atomic E-state index is -3.08. The molecule has 1 aliphatic heterocycles. The molecule has 6 nitrogen and oxygen atoms in total. The van der Waals surface area contributed by atoms with Gasteiger partial charge in [0.1, 0.15) is 0 Å². The van der Waals surface area contributed by atoms with E-state index in [1.165, 1.54) is 0 Å². The smallest absolute Gasteiger partial charge is 0.376 e. The summed E-state index contributed by atoms with van der Waals surface area (Å²) in [5, 5.41) is 9.07. The van der Waals surface area contributed by atoms with Crippen LogP contribution in [0.2, 0.25) is 6.82 Å². The molecule has 1 unspecified atom stereocenters. The Hall–Kier alpha value is -0.855. The fraction of sp³-hybridized carbons (Fsp3) is 0.700. The number of aromatic nitrogens is 2. The van der Waals surface area contributed by atoms with Crippen LogP contribution in [0.1, 0.15) is 5.69 Å². The number of aryl methyl sites for hydroxylation is 1. The normalized spacial score (nSPS) is 24.1. The molecule has 0 spiro atoms. The zero-order valence-corrected chi connectivity index (χ0v) is 11.5. The summed E-state index contributed by atoms with van der Waals surface area (Å²) in [6, 6.07) is 0. The lowest BCUT2D eigenvalue weighted by Crippen LogP contribution is -2.53. The average molecular weight is 271 g/mol. The molecule has 0 bridgehead atoms. The van der Waals surface area contributed by atoms with Gasteiger partial charge in [0.25, 0.3) is 0 Å². The van der Waals surface area contributed by atoms with Crippen molar-refractivity contribution in [2.75, 3.05) is 18.8 Å². The summed E-state index contributed by atoms with van der Waals surface area (Å²) in [7, 11) is -3.68. The number of hydrogen-bond acceptors (Lipinski definition) is 5. The maximum Gasteiger partial charge on any atom is 0.376 e. The van der Waals surface area contributed by atoms with Crippen molar-refractivity contribution < 1.29 is 13.4 Å². The van der Waals surface area contributed by atoms with Crippen LogP contribution in [0.25, 0.3) is 0 Å². The van der Waals surface area contributed by atoms with Gasteiger partial charge in [-0.25, -0.2) is 13.4 Å². The van der Waals surface area contributed by atoms with Crippen LogP contribution in [0.3, 0.4) is 0 Å². The molecule has 100 valence electrons. The first-order valence-electron chi connectivity index (χ1n) is 6.00. The topological polar surface area (TPSA) is 75.4 Å². The van der Waals surface area contributed by atoms with E-state index in [1.807, 2.05) is 13.1 Å². The van der Waals surface area contributed by atoms with Crippen molar-refractivity contribution >= 4 is 16.9 Å². The van der Waals surface area contributed by atoms with E-state index in [2.05, 4.69) is 4.98 Å². The van der Waals surface area contributed by atoms with Gasteiger partial charge >= 0.3 is 7.05 Å². The van der Waals surface area contributed by atoms with Crippen molar-refractivity contribution in [2.24, 2.45) is 0 Å². The van der Waals surface area contributed by atoms with Crippen LogP contribution in [0.15, 0.2) is 12.5 Å². The van der Waals surface area contributed by atoms with Crippen LogP contribution < -0.4 is 0 Å². The van der Waals surface area contributed by atoms with Gasteiger partial charge in [-0.3, -0.25) is 0 Å². The molecule has 0 saturated carbocycles. The molecule has 1 aromatic heterocycles. The molecule has 18 heavy (non-hydrogen) atoms. The first-order chi connectivity index (χ1) is 8.38. The van der Waals surface area contributed by atoms with E-state index in [0.29, 0.717) is 19.6 Å². The van der Waals surface area contributed by atoms with Gasteiger partial charge in [-0.05, 0) is 13.7 Å². The minimum absolute atomic E-state index is 0.107. The Bertz CT molecular complexity index is 514. The summed E-state index contributed by atoms with van der Waals surface area (Å²) >= 11 is 0. The molecule has 1 aliphatic rings. The third-order valence-electron chi connectivity index (χ3n) is 3.31. The van der Waals surface area contributed by atoms with Gasteiger partial charge in [-0.15, -0.1) is 0 Å². The molecular formula is C10H18BN3O3S. The number of imidazole rings is 1. The van der Waals surface area contributed by atoms with Crippen LogP contribution in [0.4, 0.5) is 0 Å². The highest BCUT2D eigenvalue weighted by Crippen LogP contribution is 2.15. The SMILES string of the molecule is CB(O)N1CCS(=O)(=O)C(Cn2cnc(C)c2)C1. The number of hydrogen-bond donors (Lipinski definition) is 1. The number of nitrogens with zero attached hydrogens (tertiary/aromatic N) is 3. The summed E-state index contributed by atoms with van der Waals surface area (Å²) in [4.78, 5) is 5.88. The Morgan fingerprint density at radius 1 is 1.61 bits per heavy atom. The van der Waals surface area contributed by atoms with Crippen molar-refractivity contribution in [1.82, 2.24) is 14.4 Å². The molecule has 1 atom stereocenters. The van der Waals surface area contributed by atoms with Crippen molar-refractivity contribution in [3.05, 3.63) is 18.2 Å². The highest BCUT2D eigenvalue weighted by molar-refractivity contribution is 7.92. The van der Waals surface area contributed by atoms with E-state index in [0.717, 1.165) is 5.69 Å². The van der Waals surface area contributed by atoms with Crippen LogP contribution in [-0.2, 0) is 16.4 Å². The van der Waals surface area contributed by atoms with Crippen molar-refractivity contribution in [2.45, 2.75) is 25.5 Å². The predicted molar refractivity (Wildman–Crippen MR) is 69.9 cm³/mol. The van der Waals surface area contributed by atoms with Crippen LogP contribution in [0, 0.1) is 6.92 Å². The fourth-order valence-electron chi connectivity index (χ4n) is 2.20. The summed E-state index contributed by atoms with van der Waals surface area (Å²) in [6.45, 7) is 4.70. The van der Waals surface area contributed by atoms with Gasteiger partial charge in [-0.2, -0.15) is 0 Å².